The second kappa shape index (κ2) is 6.65. The Morgan fingerprint density at radius 2 is 1.90 bits per heavy atom. The van der Waals surface area contributed by atoms with E-state index in [-0.39, 0.29) is 17.0 Å². The molecule has 20 heavy (non-hydrogen) atoms. The lowest BCUT2D eigenvalue weighted by atomic mass is 10.1. The average Bonchev–Trinajstić information content (AvgIpc) is 2.25. The smallest absolute Gasteiger partial charge is 0.335 e. The van der Waals surface area contributed by atoms with Crippen LogP contribution < -0.4 is 0 Å². The number of aromatic carboxylic acids is 1. The van der Waals surface area contributed by atoms with Gasteiger partial charge >= 0.3 is 5.97 Å². The normalized spacial score (nSPS) is 13.6. The molecule has 1 aromatic carbocycles. The van der Waals surface area contributed by atoms with Gasteiger partial charge in [-0.3, -0.25) is 4.21 Å². The molecule has 7 heteroatoms. The summed E-state index contributed by atoms with van der Waals surface area (Å²) in [6.45, 7) is 5.42. The van der Waals surface area contributed by atoms with Crippen LogP contribution in [-0.2, 0) is 14.6 Å². The highest BCUT2D eigenvalue weighted by atomic mass is 35.6. The Labute approximate surface area is 135 Å². The molecule has 0 saturated carbocycles. The van der Waals surface area contributed by atoms with Crippen molar-refractivity contribution in [2.24, 2.45) is 5.92 Å². The van der Waals surface area contributed by atoms with Gasteiger partial charge in [0.1, 0.15) is 0 Å². The van der Waals surface area contributed by atoms with Crippen molar-refractivity contribution in [3.63, 3.8) is 0 Å². The van der Waals surface area contributed by atoms with Crippen molar-refractivity contribution in [3.8, 4) is 0 Å². The van der Waals surface area contributed by atoms with Gasteiger partial charge in [-0.05, 0) is 24.5 Å². The summed E-state index contributed by atoms with van der Waals surface area (Å²) < 4.78 is 10.7. The quantitative estimate of drug-likeness (QED) is 0.818. The second-order valence-electron chi connectivity index (χ2n) is 4.82. The Morgan fingerprint density at radius 3 is 2.30 bits per heavy atom. The van der Waals surface area contributed by atoms with E-state index in [9.17, 15) is 9.00 Å². The first-order valence-corrected chi connectivity index (χ1v) is 8.33. The van der Waals surface area contributed by atoms with Crippen molar-refractivity contribution in [3.05, 3.63) is 28.8 Å². The Hall–Kier alpha value is -0.290. The van der Waals surface area contributed by atoms with Gasteiger partial charge in [-0.25, -0.2) is 4.79 Å². The van der Waals surface area contributed by atoms with Gasteiger partial charge in [0.05, 0.1) is 21.3 Å². The summed E-state index contributed by atoms with van der Waals surface area (Å²) in [5, 5.41) is 9.15. The summed E-state index contributed by atoms with van der Waals surface area (Å²) in [6.07, 6.45) is 0. The number of hydrogen-bond donors (Lipinski definition) is 1. The predicted molar refractivity (Wildman–Crippen MR) is 83.5 cm³/mol. The number of rotatable bonds is 4. The molecule has 0 aliphatic rings. The van der Waals surface area contributed by atoms with Gasteiger partial charge in [-0.2, -0.15) is 0 Å². The van der Waals surface area contributed by atoms with Crippen LogP contribution in [0.25, 0.3) is 0 Å². The van der Waals surface area contributed by atoms with E-state index in [1.165, 1.54) is 12.1 Å². The highest BCUT2D eigenvalue weighted by Crippen LogP contribution is 2.42. The Bertz CT molecular complexity index is 551. The number of carboxylic acids is 1. The zero-order valence-electron chi connectivity index (χ0n) is 11.2. The third kappa shape index (κ3) is 4.10. The molecule has 0 amide bonds. The van der Waals surface area contributed by atoms with Gasteiger partial charge in [0.2, 0.25) is 3.79 Å². The minimum Gasteiger partial charge on any atom is -0.478 e. The fraction of sp³-hybridized carbons (Fsp3) is 0.462. The topological polar surface area (TPSA) is 54.4 Å². The fourth-order valence-corrected chi connectivity index (χ4v) is 4.16. The van der Waals surface area contributed by atoms with Crippen molar-refractivity contribution in [1.82, 2.24) is 0 Å². The first kappa shape index (κ1) is 17.8. The lowest BCUT2D eigenvalue weighted by Gasteiger charge is -2.20. The first-order chi connectivity index (χ1) is 9.05. The second-order valence-corrected chi connectivity index (χ2v) is 8.54. The fourth-order valence-electron chi connectivity index (χ4n) is 1.83. The third-order valence-corrected chi connectivity index (χ3v) is 5.22. The number of halogens is 3. The highest BCUT2D eigenvalue weighted by molar-refractivity contribution is 7.85. The highest BCUT2D eigenvalue weighted by Gasteiger charge is 2.31. The third-order valence-electron chi connectivity index (χ3n) is 2.65. The minimum absolute atomic E-state index is 0.0649. The lowest BCUT2D eigenvalue weighted by Crippen LogP contribution is -2.15. The maximum Gasteiger partial charge on any atom is 0.335 e. The SMILES string of the molecule is Cc1c(C(=O)O)ccc(C(Cl)(Cl)Cl)c1[S@@](=O)CC(C)C. The van der Waals surface area contributed by atoms with Crippen LogP contribution >= 0.6 is 34.8 Å². The molecule has 0 aliphatic carbocycles. The van der Waals surface area contributed by atoms with Gasteiger partial charge in [0.25, 0.3) is 0 Å². The molecule has 112 valence electrons. The van der Waals surface area contributed by atoms with Crippen molar-refractivity contribution in [2.75, 3.05) is 5.75 Å². The van der Waals surface area contributed by atoms with E-state index in [1.807, 2.05) is 13.8 Å². The monoisotopic (exact) mass is 356 g/mol. The van der Waals surface area contributed by atoms with Crippen LogP contribution in [0.2, 0.25) is 0 Å². The molecule has 1 aromatic rings. The lowest BCUT2D eigenvalue weighted by molar-refractivity contribution is 0.0696. The summed E-state index contributed by atoms with van der Waals surface area (Å²) in [7, 11) is -1.43. The molecule has 0 radical (unpaired) electrons. The molecule has 0 unspecified atom stereocenters. The Kier molecular flexibility index (Phi) is 5.90. The number of carboxylic acid groups (broad SMARTS) is 1. The molecule has 0 aliphatic heterocycles. The number of hydrogen-bond acceptors (Lipinski definition) is 2. The molecule has 3 nitrogen and oxygen atoms in total. The molecule has 0 heterocycles. The predicted octanol–water partition coefficient (Wildman–Crippen LogP) is 4.28. The molecule has 1 N–H and O–H groups in total. The first-order valence-electron chi connectivity index (χ1n) is 5.88. The van der Waals surface area contributed by atoms with Crippen LogP contribution in [0.1, 0.15) is 35.3 Å². The van der Waals surface area contributed by atoms with E-state index >= 15 is 0 Å². The Balaban J connectivity index is 3.53. The minimum atomic E-state index is -1.75. The summed E-state index contributed by atoms with van der Waals surface area (Å²) in [5.41, 5.74) is 0.708. The molecule has 1 rings (SSSR count). The molecular formula is C13H15Cl3O3S. The van der Waals surface area contributed by atoms with Crippen LogP contribution in [0, 0.1) is 12.8 Å². The van der Waals surface area contributed by atoms with E-state index in [0.717, 1.165) is 0 Å². The van der Waals surface area contributed by atoms with Gasteiger partial charge in [0.15, 0.2) is 0 Å². The summed E-state index contributed by atoms with van der Waals surface area (Å²) in [4.78, 5) is 11.5. The Morgan fingerprint density at radius 1 is 1.35 bits per heavy atom. The molecule has 0 bridgehead atoms. The van der Waals surface area contributed by atoms with E-state index in [0.29, 0.717) is 16.2 Å². The molecule has 0 spiro atoms. The number of benzene rings is 1. The zero-order valence-corrected chi connectivity index (χ0v) is 14.3. The number of alkyl halides is 3. The van der Waals surface area contributed by atoms with Crippen molar-refractivity contribution in [2.45, 2.75) is 29.5 Å². The van der Waals surface area contributed by atoms with E-state index in [2.05, 4.69) is 0 Å². The van der Waals surface area contributed by atoms with Gasteiger partial charge in [-0.1, -0.05) is 54.7 Å². The van der Waals surface area contributed by atoms with Crippen LogP contribution in [0.3, 0.4) is 0 Å². The molecule has 0 aromatic heterocycles. The van der Waals surface area contributed by atoms with Crippen molar-refractivity contribution in [1.29, 1.82) is 0 Å². The standard InChI is InChI=1S/C13H15Cl3O3S/c1-7(2)6-20(19)11-8(3)9(12(17)18)4-5-10(11)13(14,15)16/h4-5,7H,6H2,1-3H3,(H,17,18)/t20-/m0/s1. The summed E-state index contributed by atoms with van der Waals surface area (Å²) in [6, 6.07) is 2.78. The molecule has 1 atom stereocenters. The van der Waals surface area contributed by atoms with Gasteiger partial charge < -0.3 is 5.11 Å². The van der Waals surface area contributed by atoms with E-state index < -0.39 is 20.6 Å². The zero-order chi connectivity index (χ0) is 15.7. The van der Waals surface area contributed by atoms with Crippen LogP contribution in [-0.4, -0.2) is 21.0 Å². The molecule has 0 fully saturated rings. The van der Waals surface area contributed by atoms with Crippen LogP contribution in [0.5, 0.6) is 0 Å². The van der Waals surface area contributed by atoms with E-state index in [4.69, 9.17) is 39.9 Å². The summed E-state index contributed by atoms with van der Waals surface area (Å²) >= 11 is 17.7. The van der Waals surface area contributed by atoms with Crippen molar-refractivity contribution < 1.29 is 14.1 Å². The maximum atomic E-state index is 12.5. The maximum absolute atomic E-state index is 12.5. The van der Waals surface area contributed by atoms with Gasteiger partial charge in [-0.15, -0.1) is 0 Å². The number of carbonyl (C=O) groups is 1. The largest absolute Gasteiger partial charge is 0.478 e. The van der Waals surface area contributed by atoms with E-state index in [1.54, 1.807) is 6.92 Å². The van der Waals surface area contributed by atoms with Crippen LogP contribution in [0.4, 0.5) is 0 Å². The molecule has 0 saturated heterocycles. The summed E-state index contributed by atoms with van der Waals surface area (Å²) in [5.74, 6) is -0.550. The average molecular weight is 358 g/mol. The van der Waals surface area contributed by atoms with Gasteiger partial charge in [0, 0.05) is 11.3 Å². The van der Waals surface area contributed by atoms with Crippen LogP contribution in [0.15, 0.2) is 17.0 Å². The molecular weight excluding hydrogens is 343 g/mol. The van der Waals surface area contributed by atoms with Crippen molar-refractivity contribution >= 4 is 51.6 Å².